The van der Waals surface area contributed by atoms with Crippen molar-refractivity contribution in [2.45, 2.75) is 39.2 Å². The number of Topliss-reactive ketones (excluding diaryl/α,β-unsaturated/α-hetero) is 1. The van der Waals surface area contributed by atoms with E-state index < -0.39 is 12.1 Å². The topological polar surface area (TPSA) is 92.4 Å². The average molecular weight is 580 g/mol. The number of pyridine rings is 1. The van der Waals surface area contributed by atoms with E-state index in [0.29, 0.717) is 11.1 Å². The van der Waals surface area contributed by atoms with E-state index in [4.69, 9.17) is 9.72 Å². The van der Waals surface area contributed by atoms with E-state index in [1.807, 2.05) is 61.5 Å². The molecule has 7 nitrogen and oxygen atoms in total. The van der Waals surface area contributed by atoms with Gasteiger partial charge in [-0.3, -0.25) is 9.59 Å². The lowest BCUT2D eigenvalue weighted by atomic mass is 9.86. The number of hydrogen-bond donors (Lipinski definition) is 1. The Labute approximate surface area is 248 Å². The van der Waals surface area contributed by atoms with Crippen molar-refractivity contribution in [2.75, 3.05) is 14.1 Å². The third kappa shape index (κ3) is 5.90. The maximum absolute atomic E-state index is 13.8. The Morgan fingerprint density at radius 1 is 1.00 bits per heavy atom. The van der Waals surface area contributed by atoms with E-state index in [1.54, 1.807) is 32.4 Å². The number of hydrogen-bond acceptors (Lipinski definition) is 6. The van der Waals surface area contributed by atoms with Gasteiger partial charge in [0, 0.05) is 46.5 Å². The molecule has 0 saturated carbocycles. The van der Waals surface area contributed by atoms with Crippen LogP contribution >= 0.6 is 11.3 Å². The summed E-state index contributed by atoms with van der Waals surface area (Å²) in [5.41, 5.74) is 6.38. The Balaban J connectivity index is 0.000000652. The van der Waals surface area contributed by atoms with E-state index in [2.05, 4.69) is 22.5 Å². The summed E-state index contributed by atoms with van der Waals surface area (Å²) in [6, 6.07) is 19.5. The summed E-state index contributed by atoms with van der Waals surface area (Å²) in [5, 5.41) is 3.65. The van der Waals surface area contributed by atoms with Gasteiger partial charge in [0.15, 0.2) is 6.10 Å². The Morgan fingerprint density at radius 2 is 1.71 bits per heavy atom. The zero-order chi connectivity index (χ0) is 29.8. The largest absolute Gasteiger partial charge is 0.451 e. The lowest BCUT2D eigenvalue weighted by molar-refractivity contribution is -0.115. The molecule has 1 aliphatic rings. The highest BCUT2D eigenvalue weighted by atomic mass is 32.1. The number of aryl methyl sites for hydroxylation is 1. The molecule has 0 radical (unpaired) electrons. The first-order valence-corrected chi connectivity index (χ1v) is 14.8. The van der Waals surface area contributed by atoms with Crippen LogP contribution in [0.2, 0.25) is 0 Å². The van der Waals surface area contributed by atoms with Crippen molar-refractivity contribution in [1.29, 1.82) is 0 Å². The lowest BCUT2D eigenvalue weighted by Gasteiger charge is -2.23. The third-order valence-electron chi connectivity index (χ3n) is 7.24. The van der Waals surface area contributed by atoms with Crippen LogP contribution in [-0.4, -0.2) is 53.2 Å². The standard InChI is InChI=1S/C31H26N2O3S.C3H7NO/c1-18-27(22-11-3-5-14-25(22)32-18)30(34)19(2)36-31(35)28-23-12-4-6-15-26(23)33-29-20(9-7-13-24(28)29)17-21-10-8-16-37-21;1-4(2)3-5/h3-6,8,10-12,14-17,19,32H,7,9,13H2,1-2H3;3H,1-2H3/b20-17-;. The third-order valence-corrected chi connectivity index (χ3v) is 8.06. The second-order valence-electron chi connectivity index (χ2n) is 10.5. The highest BCUT2D eigenvalue weighted by Gasteiger charge is 2.29. The SMILES string of the molecule is CN(C)C=O.Cc1[nH]c2ccccc2c1C(=O)C(C)OC(=O)c1c2c(nc3ccccc13)/C(=C\c1cccs1)CCC2. The molecule has 0 aliphatic heterocycles. The van der Waals surface area contributed by atoms with Crippen molar-refractivity contribution >= 4 is 63.0 Å². The zero-order valence-electron chi connectivity index (χ0n) is 24.1. The van der Waals surface area contributed by atoms with Crippen molar-refractivity contribution in [3.8, 4) is 0 Å². The monoisotopic (exact) mass is 579 g/mol. The summed E-state index contributed by atoms with van der Waals surface area (Å²) in [6.07, 6.45) is 4.56. The van der Waals surface area contributed by atoms with Gasteiger partial charge in [-0.25, -0.2) is 9.78 Å². The summed E-state index contributed by atoms with van der Waals surface area (Å²) in [4.78, 5) is 47.5. The summed E-state index contributed by atoms with van der Waals surface area (Å²) >= 11 is 1.68. The Bertz CT molecular complexity index is 1800. The van der Waals surface area contributed by atoms with Gasteiger partial charge in [-0.1, -0.05) is 42.5 Å². The molecule has 1 atom stereocenters. The summed E-state index contributed by atoms with van der Waals surface area (Å²) in [6.45, 7) is 3.52. The highest BCUT2D eigenvalue weighted by molar-refractivity contribution is 7.10. The molecule has 1 amide bonds. The quantitative estimate of drug-likeness (QED) is 0.132. The molecule has 6 rings (SSSR count). The van der Waals surface area contributed by atoms with Gasteiger partial charge in [-0.2, -0.15) is 0 Å². The number of thiophene rings is 1. The number of ketones is 1. The van der Waals surface area contributed by atoms with Gasteiger partial charge in [0.25, 0.3) is 0 Å². The zero-order valence-corrected chi connectivity index (χ0v) is 25.0. The minimum Gasteiger partial charge on any atom is -0.451 e. The lowest BCUT2D eigenvalue weighted by Crippen LogP contribution is -2.26. The number of carbonyl (C=O) groups excluding carboxylic acids is 3. The van der Waals surface area contributed by atoms with Crippen molar-refractivity contribution in [3.63, 3.8) is 0 Å². The van der Waals surface area contributed by atoms with Gasteiger partial charge in [-0.15, -0.1) is 11.3 Å². The molecule has 1 aliphatic carbocycles. The van der Waals surface area contributed by atoms with Gasteiger partial charge >= 0.3 is 5.97 Å². The van der Waals surface area contributed by atoms with Crippen LogP contribution in [0, 0.1) is 6.92 Å². The number of H-pyrrole nitrogens is 1. The van der Waals surface area contributed by atoms with Crippen molar-refractivity contribution < 1.29 is 19.1 Å². The molecule has 1 N–H and O–H groups in total. The second-order valence-corrected chi connectivity index (χ2v) is 11.5. The van der Waals surface area contributed by atoms with E-state index in [1.165, 1.54) is 4.90 Å². The fourth-order valence-corrected chi connectivity index (χ4v) is 6.01. The van der Waals surface area contributed by atoms with Crippen LogP contribution in [0.3, 0.4) is 0 Å². The summed E-state index contributed by atoms with van der Waals surface area (Å²) < 4.78 is 5.89. The number of fused-ring (bicyclic) bond motifs is 3. The number of carbonyl (C=O) groups is 3. The molecule has 0 bridgehead atoms. The molecule has 214 valence electrons. The molecule has 3 aromatic heterocycles. The second kappa shape index (κ2) is 12.5. The normalized spacial score (nSPS) is 14.1. The minimum atomic E-state index is -0.933. The molecule has 0 fully saturated rings. The maximum Gasteiger partial charge on any atom is 0.339 e. The molecule has 0 spiro atoms. The number of nitrogens with one attached hydrogen (secondary N) is 1. The van der Waals surface area contributed by atoms with Crippen LogP contribution in [0.1, 0.15) is 62.3 Å². The van der Waals surface area contributed by atoms with Gasteiger partial charge in [-0.05, 0) is 73.9 Å². The summed E-state index contributed by atoms with van der Waals surface area (Å²) in [5.74, 6) is -0.695. The van der Waals surface area contributed by atoms with Gasteiger partial charge in [0.2, 0.25) is 12.2 Å². The number of benzene rings is 2. The predicted molar refractivity (Wildman–Crippen MR) is 169 cm³/mol. The number of amides is 1. The minimum absolute atomic E-state index is 0.214. The van der Waals surface area contributed by atoms with Crippen LogP contribution in [-0.2, 0) is 16.0 Å². The van der Waals surface area contributed by atoms with E-state index in [0.717, 1.165) is 74.9 Å². The smallest absolute Gasteiger partial charge is 0.339 e. The molecular weight excluding hydrogens is 546 g/mol. The number of nitrogens with zero attached hydrogens (tertiary/aromatic N) is 2. The maximum atomic E-state index is 13.8. The molecule has 2 aromatic carbocycles. The number of rotatable bonds is 6. The van der Waals surface area contributed by atoms with Crippen molar-refractivity contribution in [3.05, 3.63) is 99.0 Å². The van der Waals surface area contributed by atoms with E-state index in [9.17, 15) is 14.4 Å². The Morgan fingerprint density at radius 3 is 2.43 bits per heavy atom. The number of aromatic nitrogens is 2. The van der Waals surface area contributed by atoms with Gasteiger partial charge in [0.1, 0.15) is 0 Å². The first kappa shape index (κ1) is 29.0. The average Bonchev–Trinajstić information content (AvgIpc) is 3.62. The predicted octanol–water partition coefficient (Wildman–Crippen LogP) is 7.10. The highest BCUT2D eigenvalue weighted by Crippen LogP contribution is 2.37. The first-order chi connectivity index (χ1) is 20.3. The van der Waals surface area contributed by atoms with Crippen LogP contribution in [0.4, 0.5) is 0 Å². The number of ether oxygens (including phenoxy) is 1. The number of esters is 1. The molecular formula is C34H33N3O4S. The van der Waals surface area contributed by atoms with Crippen LogP contribution in [0.25, 0.3) is 33.5 Å². The van der Waals surface area contributed by atoms with Crippen molar-refractivity contribution in [2.24, 2.45) is 0 Å². The molecule has 8 heteroatoms. The molecule has 0 saturated heterocycles. The van der Waals surface area contributed by atoms with Gasteiger partial charge in [0.05, 0.1) is 16.8 Å². The Hall–Kier alpha value is -4.56. The van der Waals surface area contributed by atoms with Crippen molar-refractivity contribution in [1.82, 2.24) is 14.9 Å². The van der Waals surface area contributed by atoms with Crippen LogP contribution < -0.4 is 0 Å². The first-order valence-electron chi connectivity index (χ1n) is 13.9. The molecule has 1 unspecified atom stereocenters. The number of allylic oxidation sites excluding steroid dienone is 1. The molecule has 3 heterocycles. The summed E-state index contributed by atoms with van der Waals surface area (Å²) in [7, 11) is 3.38. The fourth-order valence-electron chi connectivity index (χ4n) is 5.32. The molecule has 5 aromatic rings. The Kier molecular flexibility index (Phi) is 8.64. The van der Waals surface area contributed by atoms with Crippen LogP contribution in [0.15, 0.2) is 66.0 Å². The van der Waals surface area contributed by atoms with E-state index >= 15 is 0 Å². The molecule has 42 heavy (non-hydrogen) atoms. The fraction of sp³-hybridized carbons (Fsp3) is 0.235. The van der Waals surface area contributed by atoms with E-state index in [-0.39, 0.29) is 5.78 Å². The number of para-hydroxylation sites is 2. The number of aromatic amines is 1. The van der Waals surface area contributed by atoms with Crippen LogP contribution in [0.5, 0.6) is 0 Å². The van der Waals surface area contributed by atoms with Gasteiger partial charge < -0.3 is 14.6 Å².